The van der Waals surface area contributed by atoms with Gasteiger partial charge in [-0.05, 0) is 60.7 Å². The van der Waals surface area contributed by atoms with Crippen LogP contribution in [0.1, 0.15) is 41.4 Å². The van der Waals surface area contributed by atoms with E-state index in [9.17, 15) is 18.0 Å². The minimum absolute atomic E-state index is 0.0609. The molecule has 4 rings (SSSR count). The SMILES string of the molecule is CCc1cc2ccc(Cl)cn2c1C(=O)NC1CCN(Cc2ccc(OC(F)(F)F)cc2)CC1. The van der Waals surface area contributed by atoms with Gasteiger partial charge in [-0.25, -0.2) is 0 Å². The van der Waals surface area contributed by atoms with Crippen LogP contribution in [0.2, 0.25) is 5.02 Å². The van der Waals surface area contributed by atoms with Crippen molar-refractivity contribution in [3.8, 4) is 5.75 Å². The molecule has 0 unspecified atom stereocenters. The van der Waals surface area contributed by atoms with E-state index >= 15 is 0 Å². The molecule has 0 spiro atoms. The summed E-state index contributed by atoms with van der Waals surface area (Å²) in [5, 5.41) is 3.74. The number of nitrogens with zero attached hydrogens (tertiary/aromatic N) is 2. The number of alkyl halides is 3. The van der Waals surface area contributed by atoms with Crippen LogP contribution in [-0.2, 0) is 13.0 Å². The van der Waals surface area contributed by atoms with Crippen LogP contribution in [0.5, 0.6) is 5.75 Å². The van der Waals surface area contributed by atoms with Gasteiger partial charge in [0, 0.05) is 37.4 Å². The molecule has 1 aliphatic rings. The lowest BCUT2D eigenvalue weighted by Crippen LogP contribution is -2.44. The Kier molecular flexibility index (Phi) is 6.86. The Hall–Kier alpha value is -2.71. The summed E-state index contributed by atoms with van der Waals surface area (Å²) in [6.07, 6.45) is -0.587. The molecular formula is C24H25ClF3N3O2. The minimum Gasteiger partial charge on any atom is -0.406 e. The van der Waals surface area contributed by atoms with Crippen molar-refractivity contribution in [3.05, 3.63) is 70.5 Å². The van der Waals surface area contributed by atoms with E-state index in [0.29, 0.717) is 17.3 Å². The number of fused-ring (bicyclic) bond motifs is 1. The molecule has 0 atom stereocenters. The summed E-state index contributed by atoms with van der Waals surface area (Å²) in [4.78, 5) is 15.3. The van der Waals surface area contributed by atoms with Crippen LogP contribution in [0.25, 0.3) is 5.52 Å². The standard InChI is InChI=1S/C24H25ClF3N3O2/c1-2-17-13-20-6-5-18(25)15-31(20)22(17)23(32)29-19-9-11-30(12-10-19)14-16-3-7-21(8-4-16)33-24(26,27)28/h3-8,13,15,19H,2,9-12,14H2,1H3,(H,29,32). The van der Waals surface area contributed by atoms with Gasteiger partial charge in [-0.1, -0.05) is 30.7 Å². The van der Waals surface area contributed by atoms with Gasteiger partial charge in [-0.3, -0.25) is 9.69 Å². The summed E-state index contributed by atoms with van der Waals surface area (Å²) in [6.45, 7) is 4.22. The van der Waals surface area contributed by atoms with E-state index in [1.807, 2.05) is 29.5 Å². The second-order valence-corrected chi connectivity index (χ2v) is 8.67. The molecule has 0 saturated carbocycles. The molecule has 0 bridgehead atoms. The molecule has 0 aliphatic carbocycles. The number of pyridine rings is 1. The van der Waals surface area contributed by atoms with Gasteiger partial charge in [0.25, 0.3) is 5.91 Å². The normalized spacial score (nSPS) is 15.7. The van der Waals surface area contributed by atoms with Crippen LogP contribution < -0.4 is 10.1 Å². The second-order valence-electron chi connectivity index (χ2n) is 8.23. The Morgan fingerprint density at radius 1 is 1.15 bits per heavy atom. The molecule has 0 radical (unpaired) electrons. The second kappa shape index (κ2) is 9.65. The number of benzene rings is 1. The maximum absolute atomic E-state index is 13.1. The number of hydrogen-bond donors (Lipinski definition) is 1. The largest absolute Gasteiger partial charge is 0.573 e. The average Bonchev–Trinajstić information content (AvgIpc) is 3.13. The number of amides is 1. The fraction of sp³-hybridized carbons (Fsp3) is 0.375. The van der Waals surface area contributed by atoms with Crippen molar-refractivity contribution in [2.24, 2.45) is 0 Å². The molecule has 1 aromatic carbocycles. The lowest BCUT2D eigenvalue weighted by molar-refractivity contribution is -0.274. The monoisotopic (exact) mass is 479 g/mol. The Balaban J connectivity index is 1.33. The molecule has 1 fully saturated rings. The topological polar surface area (TPSA) is 46.0 Å². The number of aryl methyl sites for hydroxylation is 1. The fourth-order valence-corrected chi connectivity index (χ4v) is 4.43. The summed E-state index contributed by atoms with van der Waals surface area (Å²) < 4.78 is 42.7. The van der Waals surface area contributed by atoms with Gasteiger partial charge in [0.15, 0.2) is 0 Å². The van der Waals surface area contributed by atoms with E-state index in [1.54, 1.807) is 18.3 Å². The molecule has 5 nitrogen and oxygen atoms in total. The van der Waals surface area contributed by atoms with E-state index in [0.717, 1.165) is 49.0 Å². The van der Waals surface area contributed by atoms with Crippen molar-refractivity contribution in [3.63, 3.8) is 0 Å². The number of hydrogen-bond acceptors (Lipinski definition) is 3. The molecule has 3 heterocycles. The van der Waals surface area contributed by atoms with Crippen molar-refractivity contribution >= 4 is 23.0 Å². The van der Waals surface area contributed by atoms with Crippen molar-refractivity contribution in [1.82, 2.24) is 14.6 Å². The lowest BCUT2D eigenvalue weighted by Gasteiger charge is -2.32. The third-order valence-electron chi connectivity index (χ3n) is 5.89. The Bertz CT molecular complexity index is 1120. The van der Waals surface area contributed by atoms with Crippen LogP contribution in [0.15, 0.2) is 48.7 Å². The number of likely N-dealkylation sites (tertiary alicyclic amines) is 1. The molecule has 1 aliphatic heterocycles. The summed E-state index contributed by atoms with van der Waals surface area (Å²) in [5.41, 5.74) is 3.45. The molecular weight excluding hydrogens is 455 g/mol. The van der Waals surface area contributed by atoms with E-state index in [1.165, 1.54) is 12.1 Å². The van der Waals surface area contributed by atoms with E-state index in [4.69, 9.17) is 11.6 Å². The fourth-order valence-electron chi connectivity index (χ4n) is 4.27. The Morgan fingerprint density at radius 3 is 2.48 bits per heavy atom. The maximum Gasteiger partial charge on any atom is 0.573 e. The first-order valence-electron chi connectivity index (χ1n) is 10.9. The van der Waals surface area contributed by atoms with Crippen LogP contribution >= 0.6 is 11.6 Å². The zero-order valence-electron chi connectivity index (χ0n) is 18.2. The maximum atomic E-state index is 13.1. The van der Waals surface area contributed by atoms with E-state index in [-0.39, 0.29) is 17.7 Å². The molecule has 176 valence electrons. The van der Waals surface area contributed by atoms with Gasteiger partial charge in [-0.15, -0.1) is 13.2 Å². The number of piperidine rings is 1. The zero-order valence-corrected chi connectivity index (χ0v) is 18.9. The number of ether oxygens (including phenoxy) is 1. The van der Waals surface area contributed by atoms with Crippen LogP contribution in [-0.4, -0.2) is 40.7 Å². The highest BCUT2D eigenvalue weighted by molar-refractivity contribution is 6.30. The predicted octanol–water partition coefficient (Wildman–Crippen LogP) is 5.45. The van der Waals surface area contributed by atoms with Crippen LogP contribution in [0.4, 0.5) is 13.2 Å². The number of carbonyl (C=O) groups is 1. The molecule has 1 amide bonds. The van der Waals surface area contributed by atoms with Crippen molar-refractivity contribution in [1.29, 1.82) is 0 Å². The lowest BCUT2D eigenvalue weighted by atomic mass is 10.0. The molecule has 1 N–H and O–H groups in total. The average molecular weight is 480 g/mol. The summed E-state index contributed by atoms with van der Waals surface area (Å²) >= 11 is 6.14. The quantitative estimate of drug-likeness (QED) is 0.511. The number of carbonyl (C=O) groups excluding carboxylic acids is 1. The molecule has 9 heteroatoms. The minimum atomic E-state index is -4.69. The Morgan fingerprint density at radius 2 is 1.85 bits per heavy atom. The highest BCUT2D eigenvalue weighted by Gasteiger charge is 2.31. The smallest absolute Gasteiger partial charge is 0.406 e. The number of nitrogens with one attached hydrogen (secondary N) is 1. The number of halogens is 4. The third-order valence-corrected chi connectivity index (χ3v) is 6.12. The van der Waals surface area contributed by atoms with Gasteiger partial charge in [-0.2, -0.15) is 0 Å². The van der Waals surface area contributed by atoms with Gasteiger partial charge >= 0.3 is 6.36 Å². The summed E-state index contributed by atoms with van der Waals surface area (Å²) in [7, 11) is 0. The van der Waals surface area contributed by atoms with Gasteiger partial charge < -0.3 is 14.5 Å². The molecule has 3 aromatic rings. The highest BCUT2D eigenvalue weighted by atomic mass is 35.5. The summed E-state index contributed by atoms with van der Waals surface area (Å²) in [6, 6.07) is 11.7. The van der Waals surface area contributed by atoms with Crippen molar-refractivity contribution < 1.29 is 22.7 Å². The number of rotatable bonds is 6. The van der Waals surface area contributed by atoms with Gasteiger partial charge in [0.05, 0.1) is 5.02 Å². The first kappa shape index (κ1) is 23.4. The van der Waals surface area contributed by atoms with Gasteiger partial charge in [0.1, 0.15) is 11.4 Å². The molecule has 33 heavy (non-hydrogen) atoms. The summed E-state index contributed by atoms with van der Waals surface area (Å²) in [5.74, 6) is -0.328. The first-order valence-corrected chi connectivity index (χ1v) is 11.3. The predicted molar refractivity (Wildman–Crippen MR) is 121 cm³/mol. The van der Waals surface area contributed by atoms with Crippen molar-refractivity contribution in [2.75, 3.05) is 13.1 Å². The highest BCUT2D eigenvalue weighted by Crippen LogP contribution is 2.24. The Labute approximate surface area is 195 Å². The van der Waals surface area contributed by atoms with Gasteiger partial charge in [0.2, 0.25) is 0 Å². The molecule has 2 aromatic heterocycles. The van der Waals surface area contributed by atoms with Crippen molar-refractivity contribution in [2.45, 2.75) is 45.1 Å². The van der Waals surface area contributed by atoms with E-state index < -0.39 is 6.36 Å². The first-order chi connectivity index (χ1) is 15.7. The molecule has 1 saturated heterocycles. The third kappa shape index (κ3) is 5.81. The zero-order chi connectivity index (χ0) is 23.6. The number of aromatic nitrogens is 1. The van der Waals surface area contributed by atoms with E-state index in [2.05, 4.69) is 15.0 Å². The van der Waals surface area contributed by atoms with Crippen LogP contribution in [0.3, 0.4) is 0 Å². The van der Waals surface area contributed by atoms with Crippen LogP contribution in [0, 0.1) is 0 Å².